The van der Waals surface area contributed by atoms with Crippen LogP contribution in [0.3, 0.4) is 0 Å². The van der Waals surface area contributed by atoms with E-state index in [-0.39, 0.29) is 0 Å². The Hall–Kier alpha value is -2.26. The third-order valence-electron chi connectivity index (χ3n) is 7.42. The molecule has 3 aromatic rings. The Labute approximate surface area is 202 Å². The summed E-state index contributed by atoms with van der Waals surface area (Å²) in [6, 6.07) is 17.1. The predicted octanol–water partition coefficient (Wildman–Crippen LogP) is 3.11. The molecule has 34 heavy (non-hydrogen) atoms. The SMILES string of the molecule is CS(=O)(=O)c1ccc2c(c1)ncn2C1CCN(CCC(c2ccccc2)N2CCNCC2)CC1. The zero-order valence-electron chi connectivity index (χ0n) is 19.9. The van der Waals surface area contributed by atoms with Crippen molar-refractivity contribution in [3.05, 3.63) is 60.4 Å². The number of benzene rings is 2. The highest BCUT2D eigenvalue weighted by molar-refractivity contribution is 7.90. The number of hydrogen-bond acceptors (Lipinski definition) is 6. The lowest BCUT2D eigenvalue weighted by atomic mass is 9.99. The largest absolute Gasteiger partial charge is 0.327 e. The lowest BCUT2D eigenvalue weighted by Crippen LogP contribution is -2.46. The van der Waals surface area contributed by atoms with E-state index >= 15 is 0 Å². The Morgan fingerprint density at radius 1 is 1.03 bits per heavy atom. The summed E-state index contributed by atoms with van der Waals surface area (Å²) in [6.45, 7) is 7.62. The highest BCUT2D eigenvalue weighted by Crippen LogP contribution is 2.30. The second-order valence-corrected chi connectivity index (χ2v) is 11.7. The lowest BCUT2D eigenvalue weighted by Gasteiger charge is -2.38. The van der Waals surface area contributed by atoms with E-state index in [1.165, 1.54) is 11.8 Å². The first-order valence-electron chi connectivity index (χ1n) is 12.4. The molecule has 8 heteroatoms. The summed E-state index contributed by atoms with van der Waals surface area (Å²) in [5.74, 6) is 0. The van der Waals surface area contributed by atoms with E-state index in [4.69, 9.17) is 0 Å². The molecule has 0 spiro atoms. The van der Waals surface area contributed by atoms with Crippen LogP contribution in [0.2, 0.25) is 0 Å². The number of nitrogens with zero attached hydrogens (tertiary/aromatic N) is 4. The van der Waals surface area contributed by atoms with Crippen LogP contribution < -0.4 is 5.32 Å². The van der Waals surface area contributed by atoms with Gasteiger partial charge in [-0.1, -0.05) is 30.3 Å². The summed E-state index contributed by atoms with van der Waals surface area (Å²) < 4.78 is 26.0. The molecule has 2 aliphatic rings. The van der Waals surface area contributed by atoms with Gasteiger partial charge >= 0.3 is 0 Å². The van der Waals surface area contributed by atoms with Crippen LogP contribution in [0.4, 0.5) is 0 Å². The van der Waals surface area contributed by atoms with Gasteiger partial charge in [0.05, 0.1) is 22.3 Å². The van der Waals surface area contributed by atoms with E-state index in [0.717, 1.165) is 76.1 Å². The number of piperazine rings is 1. The van der Waals surface area contributed by atoms with Crippen molar-refractivity contribution in [2.24, 2.45) is 0 Å². The second kappa shape index (κ2) is 10.2. The van der Waals surface area contributed by atoms with Crippen molar-refractivity contribution in [3.8, 4) is 0 Å². The fraction of sp³-hybridized carbons (Fsp3) is 0.500. The Kier molecular flexibility index (Phi) is 7.01. The fourth-order valence-electron chi connectivity index (χ4n) is 5.49. The van der Waals surface area contributed by atoms with Gasteiger partial charge in [-0.2, -0.15) is 0 Å². The highest BCUT2D eigenvalue weighted by atomic mass is 32.2. The number of rotatable bonds is 7. The van der Waals surface area contributed by atoms with Gasteiger partial charge in [0.2, 0.25) is 0 Å². The molecule has 2 saturated heterocycles. The lowest BCUT2D eigenvalue weighted by molar-refractivity contribution is 0.131. The standard InChI is InChI=1S/C26H35N5O2S/c1-34(32,33)23-7-8-26-24(19-23)28-20-31(26)22-9-14-29(15-10-22)16-11-25(21-5-3-2-4-6-21)30-17-12-27-13-18-30/h2-8,19-20,22,25,27H,9-18H2,1H3. The first kappa shape index (κ1) is 23.5. The molecule has 2 aliphatic heterocycles. The molecule has 3 heterocycles. The average molecular weight is 482 g/mol. The summed E-state index contributed by atoms with van der Waals surface area (Å²) >= 11 is 0. The molecule has 1 aromatic heterocycles. The number of fused-ring (bicyclic) bond motifs is 1. The Balaban J connectivity index is 1.21. The predicted molar refractivity (Wildman–Crippen MR) is 136 cm³/mol. The fourth-order valence-corrected chi connectivity index (χ4v) is 6.13. The summed E-state index contributed by atoms with van der Waals surface area (Å²) in [7, 11) is -3.22. The summed E-state index contributed by atoms with van der Waals surface area (Å²) in [5, 5.41) is 3.48. The van der Waals surface area contributed by atoms with Crippen molar-refractivity contribution in [1.29, 1.82) is 0 Å². The van der Waals surface area contributed by atoms with Gasteiger partial charge in [0.25, 0.3) is 0 Å². The van der Waals surface area contributed by atoms with E-state index in [9.17, 15) is 8.42 Å². The second-order valence-electron chi connectivity index (χ2n) is 9.65. The number of likely N-dealkylation sites (tertiary alicyclic amines) is 1. The van der Waals surface area contributed by atoms with Crippen LogP contribution in [0.15, 0.2) is 59.8 Å². The Morgan fingerprint density at radius 2 is 1.76 bits per heavy atom. The number of hydrogen-bond donors (Lipinski definition) is 1. The molecule has 0 aliphatic carbocycles. The maximum Gasteiger partial charge on any atom is 0.175 e. The van der Waals surface area contributed by atoms with Crippen LogP contribution in [0.5, 0.6) is 0 Å². The molecule has 0 radical (unpaired) electrons. The summed E-state index contributed by atoms with van der Waals surface area (Å²) in [5.41, 5.74) is 3.21. The molecule has 7 nitrogen and oxygen atoms in total. The number of sulfone groups is 1. The van der Waals surface area contributed by atoms with E-state index in [0.29, 0.717) is 17.0 Å². The van der Waals surface area contributed by atoms with Gasteiger partial charge in [-0.15, -0.1) is 0 Å². The Morgan fingerprint density at radius 3 is 2.47 bits per heavy atom. The maximum absolute atomic E-state index is 11.9. The third kappa shape index (κ3) is 5.20. The van der Waals surface area contributed by atoms with Gasteiger partial charge in [-0.05, 0) is 49.6 Å². The quantitative estimate of drug-likeness (QED) is 0.559. The molecule has 1 atom stereocenters. The van der Waals surface area contributed by atoms with Crippen molar-refractivity contribution in [3.63, 3.8) is 0 Å². The summed E-state index contributed by atoms with van der Waals surface area (Å²) in [4.78, 5) is 10.1. The van der Waals surface area contributed by atoms with Crippen molar-refractivity contribution < 1.29 is 8.42 Å². The molecule has 1 unspecified atom stereocenters. The van der Waals surface area contributed by atoms with Crippen molar-refractivity contribution >= 4 is 20.9 Å². The van der Waals surface area contributed by atoms with Crippen LogP contribution in [0.1, 0.15) is 36.9 Å². The minimum Gasteiger partial charge on any atom is -0.327 e. The number of nitrogens with one attached hydrogen (secondary N) is 1. The molecule has 0 saturated carbocycles. The van der Waals surface area contributed by atoms with Crippen LogP contribution in [0.25, 0.3) is 11.0 Å². The van der Waals surface area contributed by atoms with Gasteiger partial charge in [0.1, 0.15) is 0 Å². The minimum absolute atomic E-state index is 0.331. The maximum atomic E-state index is 11.9. The smallest absolute Gasteiger partial charge is 0.175 e. The average Bonchev–Trinajstić information content (AvgIpc) is 3.29. The van der Waals surface area contributed by atoms with Gasteiger partial charge < -0.3 is 14.8 Å². The number of aromatic nitrogens is 2. The number of piperidine rings is 1. The molecule has 182 valence electrons. The van der Waals surface area contributed by atoms with Crippen molar-refractivity contribution in [1.82, 2.24) is 24.7 Å². The molecule has 2 aromatic carbocycles. The molecule has 2 fully saturated rings. The van der Waals surface area contributed by atoms with Crippen molar-refractivity contribution in [2.75, 3.05) is 52.1 Å². The highest BCUT2D eigenvalue weighted by Gasteiger charge is 2.26. The van der Waals surface area contributed by atoms with Crippen LogP contribution in [-0.2, 0) is 9.84 Å². The monoisotopic (exact) mass is 481 g/mol. The molecular formula is C26H35N5O2S. The Bertz CT molecular complexity index is 1200. The van der Waals surface area contributed by atoms with Gasteiger partial charge in [-0.25, -0.2) is 13.4 Å². The zero-order chi connectivity index (χ0) is 23.5. The third-order valence-corrected chi connectivity index (χ3v) is 8.53. The van der Waals surface area contributed by atoms with E-state index in [1.807, 2.05) is 12.4 Å². The van der Waals surface area contributed by atoms with Crippen LogP contribution in [0, 0.1) is 0 Å². The van der Waals surface area contributed by atoms with Gasteiger partial charge in [0.15, 0.2) is 9.84 Å². The van der Waals surface area contributed by atoms with E-state index in [1.54, 1.807) is 12.1 Å². The normalized spacial score (nSPS) is 20.0. The number of imidazole rings is 1. The van der Waals surface area contributed by atoms with Crippen LogP contribution in [-0.4, -0.2) is 79.8 Å². The molecule has 0 amide bonds. The van der Waals surface area contributed by atoms with E-state index < -0.39 is 9.84 Å². The van der Waals surface area contributed by atoms with E-state index in [2.05, 4.69) is 55.0 Å². The van der Waals surface area contributed by atoms with Gasteiger partial charge in [-0.3, -0.25) is 4.90 Å². The summed E-state index contributed by atoms with van der Waals surface area (Å²) in [6.07, 6.45) is 6.45. The molecule has 0 bridgehead atoms. The topological polar surface area (TPSA) is 70.5 Å². The molecule has 5 rings (SSSR count). The first-order valence-corrected chi connectivity index (χ1v) is 14.3. The van der Waals surface area contributed by atoms with Crippen LogP contribution >= 0.6 is 0 Å². The zero-order valence-corrected chi connectivity index (χ0v) is 20.8. The molecule has 1 N–H and O–H groups in total. The minimum atomic E-state index is -3.22. The first-order chi connectivity index (χ1) is 16.5. The van der Waals surface area contributed by atoms with Crippen molar-refractivity contribution in [2.45, 2.75) is 36.2 Å². The molecular weight excluding hydrogens is 446 g/mol. The van der Waals surface area contributed by atoms with Gasteiger partial charge in [0, 0.05) is 57.6 Å².